The second kappa shape index (κ2) is 7.78. The lowest BCUT2D eigenvalue weighted by atomic mass is 10.1. The Morgan fingerprint density at radius 3 is 1.42 bits per heavy atom. The molecule has 0 atom stereocenters. The van der Waals surface area contributed by atoms with E-state index in [1.807, 2.05) is 12.1 Å². The Bertz CT molecular complexity index is 606. The highest BCUT2D eigenvalue weighted by Crippen LogP contribution is 2.17. The fraction of sp³-hybridized carbons (Fsp3) is 0. The van der Waals surface area contributed by atoms with Crippen LogP contribution >= 0.6 is 0 Å². The van der Waals surface area contributed by atoms with E-state index < -0.39 is 16.6 Å². The van der Waals surface area contributed by atoms with Gasteiger partial charge < -0.3 is 5.11 Å². The number of hydrogen-bond donors (Lipinski definition) is 1. The van der Waals surface area contributed by atoms with Gasteiger partial charge in [-0.25, -0.2) is 4.79 Å². The van der Waals surface area contributed by atoms with E-state index in [-0.39, 0.29) is 0 Å². The Morgan fingerprint density at radius 1 is 0.842 bits per heavy atom. The van der Waals surface area contributed by atoms with Gasteiger partial charge in [0.25, 0.3) is 0 Å². The topological polar surface area (TPSA) is 83.8 Å². The maximum absolute atomic E-state index is 9.26. The lowest BCUT2D eigenvalue weighted by molar-refractivity contribution is 0.206. The van der Waals surface area contributed by atoms with Crippen LogP contribution < -0.4 is 0 Å². The van der Waals surface area contributed by atoms with Gasteiger partial charge >= 0.3 is 16.6 Å². The van der Waals surface area contributed by atoms with E-state index in [4.69, 9.17) is 5.11 Å². The number of nitrogens with zero attached hydrogens (tertiary/aromatic N) is 1. The van der Waals surface area contributed by atoms with Gasteiger partial charge in [-0.1, -0.05) is 65.0 Å². The zero-order valence-corrected chi connectivity index (χ0v) is 10.6. The van der Waals surface area contributed by atoms with Crippen molar-refractivity contribution in [3.63, 3.8) is 0 Å². The number of carboxylic acid groups (broad SMARTS) is 1. The average molecular weight is 277 g/mol. The molecule has 0 aliphatic carbocycles. The lowest BCUT2D eigenvalue weighted by Gasteiger charge is -1.98. The monoisotopic (exact) mass is 277 g/mol. The van der Waals surface area contributed by atoms with Crippen molar-refractivity contribution in [3.05, 3.63) is 60.7 Å². The minimum absolute atomic E-state index is 1.28. The number of hydrogen-bond acceptors (Lipinski definition) is 3. The van der Waals surface area contributed by atoms with E-state index in [0.717, 1.165) is 0 Å². The molecule has 0 heterocycles. The fourth-order valence-electron chi connectivity index (χ4n) is 1.32. The largest absolute Gasteiger partial charge is 0.463 e. The standard InChI is InChI=1S/C12H10.CHNO4S/c1-3-7-11(8-4-1)12-9-5-2-6-10-12;3-1(4)2-7(5)6/h1-10H;(H,3,4). The van der Waals surface area contributed by atoms with Gasteiger partial charge in [-0.3, -0.25) is 0 Å². The van der Waals surface area contributed by atoms with Crippen molar-refractivity contribution in [2.75, 3.05) is 0 Å². The van der Waals surface area contributed by atoms with Gasteiger partial charge in [-0.15, -0.1) is 0 Å². The van der Waals surface area contributed by atoms with Crippen molar-refractivity contribution in [2.45, 2.75) is 0 Å². The third-order valence-corrected chi connectivity index (χ3v) is 2.34. The molecule has 98 valence electrons. The summed E-state index contributed by atoms with van der Waals surface area (Å²) in [6, 6.07) is 20.8. The van der Waals surface area contributed by atoms with Gasteiger partial charge in [-0.05, 0) is 11.1 Å². The molecule has 1 amide bonds. The molecule has 2 aromatic carbocycles. The van der Waals surface area contributed by atoms with Crippen molar-refractivity contribution in [1.29, 1.82) is 0 Å². The Morgan fingerprint density at radius 2 is 1.21 bits per heavy atom. The van der Waals surface area contributed by atoms with Crippen LogP contribution in [0.5, 0.6) is 0 Å². The summed E-state index contributed by atoms with van der Waals surface area (Å²) in [4.78, 5) is 9.25. The van der Waals surface area contributed by atoms with E-state index in [0.29, 0.717) is 0 Å². The number of benzene rings is 2. The molecule has 2 aromatic rings. The average Bonchev–Trinajstić information content (AvgIpc) is 2.40. The minimum Gasteiger partial charge on any atom is -0.463 e. The highest BCUT2D eigenvalue weighted by molar-refractivity contribution is 7.62. The zero-order chi connectivity index (χ0) is 14.1. The smallest absolute Gasteiger partial charge is 0.446 e. The first kappa shape index (κ1) is 14.6. The molecule has 0 saturated heterocycles. The van der Waals surface area contributed by atoms with Crippen LogP contribution in [-0.2, 0) is 10.5 Å². The quantitative estimate of drug-likeness (QED) is 0.868. The van der Waals surface area contributed by atoms with Gasteiger partial charge in [0.15, 0.2) is 0 Å². The second-order valence-corrected chi connectivity index (χ2v) is 3.94. The Labute approximate surface area is 111 Å². The molecule has 0 bridgehead atoms. The van der Waals surface area contributed by atoms with E-state index in [1.54, 1.807) is 0 Å². The number of amides is 1. The third kappa shape index (κ3) is 6.13. The van der Waals surface area contributed by atoms with Crippen LogP contribution in [-0.4, -0.2) is 19.6 Å². The van der Waals surface area contributed by atoms with E-state index in [2.05, 4.69) is 52.9 Å². The highest BCUT2D eigenvalue weighted by atomic mass is 32.2. The molecule has 0 spiro atoms. The Kier molecular flexibility index (Phi) is 5.97. The maximum Gasteiger partial charge on any atom is 0.446 e. The normalized spacial score (nSPS) is 8.84. The van der Waals surface area contributed by atoms with Gasteiger partial charge in [-0.2, -0.15) is 8.42 Å². The van der Waals surface area contributed by atoms with E-state index in [1.165, 1.54) is 11.1 Å². The van der Waals surface area contributed by atoms with E-state index >= 15 is 0 Å². The van der Waals surface area contributed by atoms with Crippen molar-refractivity contribution in [2.24, 2.45) is 4.36 Å². The van der Waals surface area contributed by atoms with Crippen LogP contribution in [0.15, 0.2) is 65.0 Å². The third-order valence-electron chi connectivity index (χ3n) is 2.03. The molecule has 6 heteroatoms. The molecule has 0 aliphatic heterocycles. The first-order valence-corrected chi connectivity index (χ1v) is 6.27. The molecule has 0 saturated carbocycles. The molecule has 0 radical (unpaired) electrons. The van der Waals surface area contributed by atoms with Gasteiger partial charge in [0, 0.05) is 0 Å². The SMILES string of the molecule is O=C(O)N=S(=O)=O.c1ccc(-c2ccccc2)cc1. The molecule has 0 aromatic heterocycles. The zero-order valence-electron chi connectivity index (χ0n) is 9.80. The van der Waals surface area contributed by atoms with E-state index in [9.17, 15) is 13.2 Å². The summed E-state index contributed by atoms with van der Waals surface area (Å²) < 4.78 is 20.6. The fourth-order valence-corrected chi connectivity index (χ4v) is 1.45. The second-order valence-electron chi connectivity index (χ2n) is 3.32. The minimum atomic E-state index is -2.82. The molecular weight excluding hydrogens is 266 g/mol. The Hall–Kier alpha value is -2.47. The molecule has 0 aliphatic rings. The van der Waals surface area contributed by atoms with Crippen LogP contribution in [0.1, 0.15) is 0 Å². The molecular formula is C13H11NO4S. The van der Waals surface area contributed by atoms with Crippen LogP contribution in [0.4, 0.5) is 4.79 Å². The van der Waals surface area contributed by atoms with Crippen LogP contribution in [0.25, 0.3) is 11.1 Å². The highest BCUT2D eigenvalue weighted by Gasteiger charge is 1.91. The van der Waals surface area contributed by atoms with Crippen LogP contribution in [0, 0.1) is 0 Å². The summed E-state index contributed by atoms with van der Waals surface area (Å²) in [5.74, 6) is 0. The summed E-state index contributed by atoms with van der Waals surface area (Å²) >= 11 is 0. The van der Waals surface area contributed by atoms with Crippen molar-refractivity contribution < 1.29 is 18.3 Å². The summed E-state index contributed by atoms with van der Waals surface area (Å²) in [5.41, 5.74) is 2.55. The molecule has 0 fully saturated rings. The van der Waals surface area contributed by atoms with Crippen molar-refractivity contribution in [1.82, 2.24) is 0 Å². The van der Waals surface area contributed by atoms with Gasteiger partial charge in [0.2, 0.25) is 0 Å². The summed E-state index contributed by atoms with van der Waals surface area (Å²) in [7, 11) is -2.82. The summed E-state index contributed by atoms with van der Waals surface area (Å²) in [6.45, 7) is 0. The first-order valence-electron chi connectivity index (χ1n) is 5.24. The molecule has 1 N–H and O–H groups in total. The molecule has 5 nitrogen and oxygen atoms in total. The Balaban J connectivity index is 0.000000224. The lowest BCUT2D eigenvalue weighted by Crippen LogP contribution is -1.80. The van der Waals surface area contributed by atoms with Crippen molar-refractivity contribution >= 4 is 16.6 Å². The predicted molar refractivity (Wildman–Crippen MR) is 71.3 cm³/mol. The molecule has 2 rings (SSSR count). The van der Waals surface area contributed by atoms with Crippen LogP contribution in [0.2, 0.25) is 0 Å². The predicted octanol–water partition coefficient (Wildman–Crippen LogP) is 3.08. The number of carbonyl (C=O) groups is 1. The van der Waals surface area contributed by atoms with Gasteiger partial charge in [0.05, 0.1) is 0 Å². The van der Waals surface area contributed by atoms with Crippen LogP contribution in [0.3, 0.4) is 0 Å². The number of rotatable bonds is 1. The molecule has 0 unspecified atom stereocenters. The summed E-state index contributed by atoms with van der Waals surface area (Å²) in [5, 5.41) is 7.52. The maximum atomic E-state index is 9.26. The summed E-state index contributed by atoms with van der Waals surface area (Å²) in [6.07, 6.45) is -1.70. The first-order chi connectivity index (χ1) is 9.09. The van der Waals surface area contributed by atoms with Gasteiger partial charge in [0.1, 0.15) is 0 Å². The van der Waals surface area contributed by atoms with Crippen molar-refractivity contribution in [3.8, 4) is 11.1 Å². The molecule has 19 heavy (non-hydrogen) atoms.